The van der Waals surface area contributed by atoms with Crippen LogP contribution in [0.15, 0.2) is 27.2 Å². The molecule has 1 aliphatic carbocycles. The fraction of sp³-hybridized carbons (Fsp3) is 0.368. The standard InChI is InChI=1S/C19H19N3O6S3/c1-2-27-18(24)15-11-6-3-4-7-12(11)30-17(15)20-14(23)10-31(25,26)19-22-21-16(28-19)13-8-5-9-29-13/h5,8-9H,2-4,6-7,10H2,1H3,(H,20,23). The summed E-state index contributed by atoms with van der Waals surface area (Å²) in [6, 6.07) is 3.49. The third-order valence-electron chi connectivity index (χ3n) is 4.63. The maximum Gasteiger partial charge on any atom is 0.341 e. The number of aromatic nitrogens is 2. The Morgan fingerprint density at radius 3 is 2.81 bits per heavy atom. The highest BCUT2D eigenvalue weighted by Crippen LogP contribution is 2.38. The van der Waals surface area contributed by atoms with Crippen LogP contribution in [0.25, 0.3) is 10.8 Å². The van der Waals surface area contributed by atoms with Gasteiger partial charge in [-0.1, -0.05) is 11.2 Å². The minimum Gasteiger partial charge on any atom is -0.462 e. The third kappa shape index (κ3) is 4.55. The van der Waals surface area contributed by atoms with E-state index in [1.807, 2.05) is 0 Å². The molecule has 0 bridgehead atoms. The van der Waals surface area contributed by atoms with Gasteiger partial charge >= 0.3 is 11.2 Å². The first-order valence-corrected chi connectivity index (χ1v) is 13.0. The summed E-state index contributed by atoms with van der Waals surface area (Å²) in [7, 11) is -4.15. The lowest BCUT2D eigenvalue weighted by atomic mass is 9.95. The highest BCUT2D eigenvalue weighted by Gasteiger charge is 2.30. The lowest BCUT2D eigenvalue weighted by molar-refractivity contribution is -0.113. The molecule has 12 heteroatoms. The second-order valence-corrected chi connectivity index (χ2v) is 10.7. The van der Waals surface area contributed by atoms with Gasteiger partial charge in [0.25, 0.3) is 5.89 Å². The van der Waals surface area contributed by atoms with Crippen molar-refractivity contribution < 1.29 is 27.2 Å². The first-order chi connectivity index (χ1) is 14.9. The van der Waals surface area contributed by atoms with E-state index < -0.39 is 32.7 Å². The fourth-order valence-electron chi connectivity index (χ4n) is 3.31. The van der Waals surface area contributed by atoms with Crippen LogP contribution in [0.3, 0.4) is 0 Å². The van der Waals surface area contributed by atoms with Crippen LogP contribution in [-0.4, -0.2) is 42.9 Å². The van der Waals surface area contributed by atoms with E-state index >= 15 is 0 Å². The van der Waals surface area contributed by atoms with E-state index in [0.29, 0.717) is 15.4 Å². The van der Waals surface area contributed by atoms with Crippen molar-refractivity contribution in [2.75, 3.05) is 17.7 Å². The number of fused-ring (bicyclic) bond motifs is 1. The largest absolute Gasteiger partial charge is 0.462 e. The summed E-state index contributed by atoms with van der Waals surface area (Å²) < 4.78 is 35.6. The van der Waals surface area contributed by atoms with Crippen molar-refractivity contribution in [3.05, 3.63) is 33.5 Å². The van der Waals surface area contributed by atoms with E-state index in [1.54, 1.807) is 24.4 Å². The van der Waals surface area contributed by atoms with Crippen LogP contribution < -0.4 is 5.32 Å². The second-order valence-electron chi connectivity index (χ2n) is 6.79. The molecule has 31 heavy (non-hydrogen) atoms. The van der Waals surface area contributed by atoms with Gasteiger partial charge in [0.15, 0.2) is 0 Å². The molecule has 3 aromatic heterocycles. The van der Waals surface area contributed by atoms with Gasteiger partial charge in [0.2, 0.25) is 15.7 Å². The molecular weight excluding hydrogens is 462 g/mol. The minimum absolute atomic E-state index is 0.0736. The first kappa shape index (κ1) is 21.7. The van der Waals surface area contributed by atoms with Crippen LogP contribution in [-0.2, 0) is 32.2 Å². The summed E-state index contributed by atoms with van der Waals surface area (Å²) in [4.78, 5) is 26.7. The number of hydrogen-bond donors (Lipinski definition) is 1. The number of sulfone groups is 1. The van der Waals surface area contributed by atoms with E-state index in [0.717, 1.165) is 36.1 Å². The Labute approximate surface area is 186 Å². The molecule has 9 nitrogen and oxygen atoms in total. The molecule has 0 saturated heterocycles. The summed E-state index contributed by atoms with van der Waals surface area (Å²) in [6.45, 7) is 1.91. The molecular formula is C19H19N3O6S3. The maximum atomic E-state index is 12.6. The minimum atomic E-state index is -4.15. The summed E-state index contributed by atoms with van der Waals surface area (Å²) in [5.41, 5.74) is 1.20. The third-order valence-corrected chi connectivity index (χ3v) is 8.03. The van der Waals surface area contributed by atoms with Crippen molar-refractivity contribution in [2.24, 2.45) is 0 Å². The predicted molar refractivity (Wildman–Crippen MR) is 115 cm³/mol. The van der Waals surface area contributed by atoms with Gasteiger partial charge in [-0.15, -0.1) is 27.8 Å². The number of nitrogens with one attached hydrogen (secondary N) is 1. The van der Waals surface area contributed by atoms with Gasteiger partial charge in [-0.2, -0.15) is 0 Å². The number of rotatable bonds is 7. The van der Waals surface area contributed by atoms with Gasteiger partial charge < -0.3 is 14.5 Å². The summed E-state index contributed by atoms with van der Waals surface area (Å²) in [5, 5.41) is 11.4. The van der Waals surface area contributed by atoms with E-state index in [1.165, 1.54) is 22.7 Å². The molecule has 0 unspecified atom stereocenters. The number of esters is 1. The average molecular weight is 482 g/mol. The number of carbonyl (C=O) groups is 2. The van der Waals surface area contributed by atoms with Crippen molar-refractivity contribution >= 4 is 49.4 Å². The van der Waals surface area contributed by atoms with Gasteiger partial charge in [0, 0.05) is 4.88 Å². The first-order valence-electron chi connectivity index (χ1n) is 9.60. The maximum absolute atomic E-state index is 12.6. The number of nitrogens with zero attached hydrogens (tertiary/aromatic N) is 2. The lowest BCUT2D eigenvalue weighted by Gasteiger charge is -2.12. The lowest BCUT2D eigenvalue weighted by Crippen LogP contribution is -2.24. The van der Waals surface area contributed by atoms with Crippen molar-refractivity contribution in [2.45, 2.75) is 37.8 Å². The van der Waals surface area contributed by atoms with Crippen LogP contribution in [0.1, 0.15) is 40.6 Å². The van der Waals surface area contributed by atoms with E-state index in [4.69, 9.17) is 9.15 Å². The Hall–Kier alpha value is -2.57. The smallest absolute Gasteiger partial charge is 0.341 e. The molecule has 0 aromatic carbocycles. The van der Waals surface area contributed by atoms with Gasteiger partial charge in [0.05, 0.1) is 17.0 Å². The van der Waals surface area contributed by atoms with Gasteiger partial charge in [-0.25, -0.2) is 13.2 Å². The van der Waals surface area contributed by atoms with Crippen LogP contribution in [0, 0.1) is 0 Å². The number of thiophene rings is 2. The summed E-state index contributed by atoms with van der Waals surface area (Å²) in [6.07, 6.45) is 3.48. The average Bonchev–Trinajstić information content (AvgIpc) is 3.46. The zero-order valence-electron chi connectivity index (χ0n) is 16.5. The van der Waals surface area contributed by atoms with Crippen molar-refractivity contribution in [1.82, 2.24) is 10.2 Å². The van der Waals surface area contributed by atoms with Crippen LogP contribution >= 0.6 is 22.7 Å². The highest BCUT2D eigenvalue weighted by atomic mass is 32.2. The predicted octanol–water partition coefficient (Wildman–Crippen LogP) is 3.33. The molecule has 0 atom stereocenters. The molecule has 0 saturated carbocycles. The molecule has 0 radical (unpaired) electrons. The molecule has 0 spiro atoms. The number of hydrogen-bond acceptors (Lipinski definition) is 10. The number of aryl methyl sites for hydroxylation is 1. The number of ether oxygens (including phenoxy) is 1. The van der Waals surface area contributed by atoms with Gasteiger partial charge in [-0.05, 0) is 49.6 Å². The molecule has 3 aromatic rings. The highest BCUT2D eigenvalue weighted by molar-refractivity contribution is 7.91. The molecule has 4 rings (SSSR count). The Morgan fingerprint density at radius 1 is 1.26 bits per heavy atom. The molecule has 3 heterocycles. The van der Waals surface area contributed by atoms with Gasteiger partial charge in [0.1, 0.15) is 10.8 Å². The monoisotopic (exact) mass is 481 g/mol. The molecule has 164 valence electrons. The number of anilines is 1. The zero-order valence-corrected chi connectivity index (χ0v) is 19.0. The Bertz CT molecular complexity index is 1210. The fourth-order valence-corrected chi connectivity index (χ4v) is 6.16. The van der Waals surface area contributed by atoms with Crippen LogP contribution in [0.2, 0.25) is 0 Å². The summed E-state index contributed by atoms with van der Waals surface area (Å²) in [5.74, 6) is -2.12. The van der Waals surface area contributed by atoms with Gasteiger partial charge in [-0.3, -0.25) is 4.79 Å². The van der Waals surface area contributed by atoms with Crippen molar-refractivity contribution in [1.29, 1.82) is 0 Å². The van der Waals surface area contributed by atoms with E-state index in [-0.39, 0.29) is 12.5 Å². The normalized spacial score (nSPS) is 13.6. The summed E-state index contributed by atoms with van der Waals surface area (Å²) >= 11 is 2.62. The molecule has 0 fully saturated rings. The van der Waals surface area contributed by atoms with E-state index in [2.05, 4.69) is 15.5 Å². The molecule has 1 amide bonds. The van der Waals surface area contributed by atoms with Crippen molar-refractivity contribution in [3.63, 3.8) is 0 Å². The Kier molecular flexibility index (Phi) is 6.21. The number of carbonyl (C=O) groups excluding carboxylic acids is 2. The van der Waals surface area contributed by atoms with E-state index in [9.17, 15) is 18.0 Å². The van der Waals surface area contributed by atoms with Crippen LogP contribution in [0.4, 0.5) is 5.00 Å². The SMILES string of the molecule is CCOC(=O)c1c(NC(=O)CS(=O)(=O)c2nnc(-c3cccs3)o2)sc2c1CCCC2. The zero-order chi connectivity index (χ0) is 22.0. The molecule has 0 aliphatic heterocycles. The number of amides is 1. The molecule has 1 aliphatic rings. The second kappa shape index (κ2) is 8.89. The van der Waals surface area contributed by atoms with Crippen LogP contribution in [0.5, 0.6) is 0 Å². The van der Waals surface area contributed by atoms with Crippen molar-refractivity contribution in [3.8, 4) is 10.8 Å². The topological polar surface area (TPSA) is 128 Å². The quantitative estimate of drug-likeness (QED) is 0.509. The Morgan fingerprint density at radius 2 is 2.06 bits per heavy atom. The Balaban J connectivity index is 1.53. The molecule has 1 N–H and O–H groups in total.